The highest BCUT2D eigenvalue weighted by Crippen LogP contribution is 2.18. The molecule has 0 atom stereocenters. The number of carbonyl (C=O) groups excluding carboxylic acids is 1. The smallest absolute Gasteiger partial charge is 0.410 e. The van der Waals surface area contributed by atoms with Crippen LogP contribution in [-0.4, -0.2) is 29.7 Å². The summed E-state index contributed by atoms with van der Waals surface area (Å²) in [5.41, 5.74) is 8.53. The third kappa shape index (κ3) is 3.52. The van der Waals surface area contributed by atoms with E-state index in [4.69, 9.17) is 10.3 Å². The fraction of sp³-hybridized carbons (Fsp3) is 0.667. The van der Waals surface area contributed by atoms with Crippen LogP contribution in [0.5, 0.6) is 0 Å². The Balaban J connectivity index is 2.39. The highest BCUT2D eigenvalue weighted by molar-refractivity contribution is 5.70. The maximum absolute atomic E-state index is 11.4. The monoisotopic (exact) mass is 210 g/mol. The van der Waals surface area contributed by atoms with Gasteiger partial charge in [0.15, 0.2) is 0 Å². The number of nitrogens with zero attached hydrogens (tertiary/aromatic N) is 4. The van der Waals surface area contributed by atoms with Crippen LogP contribution in [0.25, 0.3) is 10.4 Å². The van der Waals surface area contributed by atoms with Gasteiger partial charge in [-0.15, -0.1) is 0 Å². The van der Waals surface area contributed by atoms with E-state index in [1.165, 1.54) is 6.20 Å². The van der Waals surface area contributed by atoms with Gasteiger partial charge in [-0.3, -0.25) is 0 Å². The van der Waals surface area contributed by atoms with E-state index in [1.54, 1.807) is 4.90 Å². The average Bonchev–Trinajstić information content (AvgIpc) is 1.98. The van der Waals surface area contributed by atoms with E-state index >= 15 is 0 Å². The van der Waals surface area contributed by atoms with Gasteiger partial charge in [-0.25, -0.2) is 4.79 Å². The van der Waals surface area contributed by atoms with E-state index in [2.05, 4.69) is 10.0 Å². The molecule has 0 aromatic carbocycles. The molecule has 1 fully saturated rings. The van der Waals surface area contributed by atoms with Crippen LogP contribution in [0.4, 0.5) is 4.79 Å². The molecule has 0 N–H and O–H groups in total. The highest BCUT2D eigenvalue weighted by atomic mass is 16.6. The molecular formula is C9H14N4O2. The Morgan fingerprint density at radius 1 is 1.60 bits per heavy atom. The second-order valence-electron chi connectivity index (χ2n) is 4.33. The third-order valence-corrected chi connectivity index (χ3v) is 1.73. The van der Waals surface area contributed by atoms with Gasteiger partial charge < -0.3 is 9.64 Å². The molecule has 82 valence electrons. The van der Waals surface area contributed by atoms with Crippen molar-refractivity contribution in [1.29, 1.82) is 0 Å². The molecule has 0 aliphatic carbocycles. The van der Waals surface area contributed by atoms with Crippen LogP contribution in [0.1, 0.15) is 20.8 Å². The molecule has 6 heteroatoms. The summed E-state index contributed by atoms with van der Waals surface area (Å²) < 4.78 is 5.15. The SMILES string of the molecule is CC(C)(C)OC(=O)N1CC(=CN=[N+]=[N-])C1. The first-order chi connectivity index (χ1) is 6.92. The van der Waals surface area contributed by atoms with Crippen molar-refractivity contribution in [2.75, 3.05) is 13.1 Å². The lowest BCUT2D eigenvalue weighted by atomic mass is 10.1. The minimum Gasteiger partial charge on any atom is -0.444 e. The number of ether oxygens (including phenoxy) is 1. The topological polar surface area (TPSA) is 78.3 Å². The summed E-state index contributed by atoms with van der Waals surface area (Å²) in [6, 6.07) is 0. The van der Waals surface area contributed by atoms with Gasteiger partial charge >= 0.3 is 6.09 Å². The summed E-state index contributed by atoms with van der Waals surface area (Å²) in [6.45, 7) is 6.42. The Morgan fingerprint density at radius 3 is 2.67 bits per heavy atom. The average molecular weight is 210 g/mol. The van der Waals surface area contributed by atoms with E-state index < -0.39 is 5.60 Å². The first-order valence-electron chi connectivity index (χ1n) is 4.62. The maximum Gasteiger partial charge on any atom is 0.410 e. The molecule has 0 radical (unpaired) electrons. The van der Waals surface area contributed by atoms with Crippen LogP contribution in [-0.2, 0) is 4.74 Å². The van der Waals surface area contributed by atoms with Crippen LogP contribution in [0.15, 0.2) is 16.9 Å². The van der Waals surface area contributed by atoms with Crippen LogP contribution in [0.2, 0.25) is 0 Å². The molecule has 0 aromatic rings. The summed E-state index contributed by atoms with van der Waals surface area (Å²) in [5.74, 6) is 0. The van der Waals surface area contributed by atoms with Gasteiger partial charge in [0.05, 0.1) is 0 Å². The number of azide groups is 1. The summed E-state index contributed by atoms with van der Waals surface area (Å²) >= 11 is 0. The van der Waals surface area contributed by atoms with E-state index in [9.17, 15) is 4.79 Å². The first kappa shape index (κ1) is 11.4. The summed E-state index contributed by atoms with van der Waals surface area (Å²) in [6.07, 6.45) is 1.10. The molecule has 1 aliphatic rings. The van der Waals surface area contributed by atoms with E-state index in [1.807, 2.05) is 20.8 Å². The lowest BCUT2D eigenvalue weighted by molar-refractivity contribution is 0.0214. The van der Waals surface area contributed by atoms with Crippen molar-refractivity contribution in [3.63, 3.8) is 0 Å². The summed E-state index contributed by atoms with van der Waals surface area (Å²) in [4.78, 5) is 15.6. The number of hydrogen-bond acceptors (Lipinski definition) is 3. The Bertz CT molecular complexity index is 329. The summed E-state index contributed by atoms with van der Waals surface area (Å²) in [7, 11) is 0. The summed E-state index contributed by atoms with van der Waals surface area (Å²) in [5, 5.41) is 3.30. The Kier molecular flexibility index (Phi) is 3.21. The second kappa shape index (κ2) is 4.23. The molecule has 1 saturated heterocycles. The number of hydrogen-bond donors (Lipinski definition) is 0. The van der Waals surface area contributed by atoms with Crippen LogP contribution in [0, 0.1) is 0 Å². The molecular weight excluding hydrogens is 196 g/mol. The standard InChI is InChI=1S/C9H14N4O2/c1-9(2,3)15-8(14)13-5-7(6-13)4-11-12-10/h4H,5-6H2,1-3H3. The largest absolute Gasteiger partial charge is 0.444 e. The lowest BCUT2D eigenvalue weighted by Gasteiger charge is -2.35. The zero-order chi connectivity index (χ0) is 11.5. The molecule has 15 heavy (non-hydrogen) atoms. The van der Waals surface area contributed by atoms with E-state index in [-0.39, 0.29) is 6.09 Å². The Morgan fingerprint density at radius 2 is 2.20 bits per heavy atom. The zero-order valence-electron chi connectivity index (χ0n) is 9.10. The van der Waals surface area contributed by atoms with Crippen molar-refractivity contribution in [3.8, 4) is 0 Å². The Labute approximate surface area is 88.1 Å². The van der Waals surface area contributed by atoms with Gasteiger partial charge in [-0.2, -0.15) is 0 Å². The number of rotatable bonds is 1. The number of likely N-dealkylation sites (tertiary alicyclic amines) is 1. The fourth-order valence-corrected chi connectivity index (χ4v) is 1.09. The normalized spacial score (nSPS) is 15.1. The quantitative estimate of drug-likeness (QED) is 0.378. The van der Waals surface area contributed by atoms with Gasteiger partial charge in [0.2, 0.25) is 0 Å². The predicted molar refractivity (Wildman–Crippen MR) is 55.0 cm³/mol. The molecule has 1 amide bonds. The van der Waals surface area contributed by atoms with Gasteiger partial charge in [0.25, 0.3) is 0 Å². The van der Waals surface area contributed by atoms with Crippen molar-refractivity contribution in [3.05, 3.63) is 22.2 Å². The third-order valence-electron chi connectivity index (χ3n) is 1.73. The van der Waals surface area contributed by atoms with Crippen molar-refractivity contribution in [2.45, 2.75) is 26.4 Å². The Hall–Kier alpha value is -1.68. The minimum absolute atomic E-state index is 0.333. The minimum atomic E-state index is -0.471. The lowest BCUT2D eigenvalue weighted by Crippen LogP contribution is -2.46. The zero-order valence-corrected chi connectivity index (χ0v) is 9.10. The van der Waals surface area contributed by atoms with E-state index in [0.29, 0.717) is 13.1 Å². The van der Waals surface area contributed by atoms with E-state index in [0.717, 1.165) is 5.57 Å². The molecule has 0 bridgehead atoms. The maximum atomic E-state index is 11.4. The molecule has 0 unspecified atom stereocenters. The van der Waals surface area contributed by atoms with Gasteiger partial charge in [0.1, 0.15) is 5.60 Å². The second-order valence-corrected chi connectivity index (χ2v) is 4.33. The van der Waals surface area contributed by atoms with Crippen molar-refractivity contribution in [1.82, 2.24) is 4.90 Å². The van der Waals surface area contributed by atoms with Gasteiger partial charge in [0, 0.05) is 24.2 Å². The van der Waals surface area contributed by atoms with Gasteiger partial charge in [-0.05, 0) is 31.9 Å². The molecule has 1 aliphatic heterocycles. The number of carbonyl (C=O) groups is 1. The molecule has 0 aromatic heterocycles. The highest BCUT2D eigenvalue weighted by Gasteiger charge is 2.28. The van der Waals surface area contributed by atoms with Crippen molar-refractivity contribution < 1.29 is 9.53 Å². The number of amides is 1. The van der Waals surface area contributed by atoms with Crippen molar-refractivity contribution >= 4 is 6.09 Å². The van der Waals surface area contributed by atoms with Crippen LogP contribution in [0.3, 0.4) is 0 Å². The molecule has 6 nitrogen and oxygen atoms in total. The van der Waals surface area contributed by atoms with Gasteiger partial charge in [-0.1, -0.05) is 5.11 Å². The first-order valence-corrected chi connectivity index (χ1v) is 4.62. The molecule has 0 saturated carbocycles. The fourth-order valence-electron chi connectivity index (χ4n) is 1.09. The van der Waals surface area contributed by atoms with Crippen molar-refractivity contribution in [2.24, 2.45) is 5.11 Å². The van der Waals surface area contributed by atoms with Crippen LogP contribution < -0.4 is 0 Å². The predicted octanol–water partition coefficient (Wildman–Crippen LogP) is 2.43. The molecule has 1 rings (SSSR count). The molecule has 1 heterocycles. The van der Waals surface area contributed by atoms with Crippen LogP contribution >= 0.6 is 0 Å². The molecule has 0 spiro atoms.